The fourth-order valence-corrected chi connectivity index (χ4v) is 8.57. The maximum atomic E-state index is 15.2. The quantitative estimate of drug-likeness (QED) is 0.146. The Labute approximate surface area is 329 Å². The van der Waals surface area contributed by atoms with Gasteiger partial charge in [0.25, 0.3) is 5.91 Å². The van der Waals surface area contributed by atoms with Gasteiger partial charge in [-0.15, -0.1) is 0 Å². The third-order valence-corrected chi connectivity index (χ3v) is 11.5. The number of amides is 1. The van der Waals surface area contributed by atoms with Crippen LogP contribution in [0.5, 0.6) is 5.75 Å². The zero-order valence-corrected chi connectivity index (χ0v) is 33.4. The molecular weight excluding hydrogens is 735 g/mol. The van der Waals surface area contributed by atoms with Gasteiger partial charge >= 0.3 is 0 Å². The molecule has 0 radical (unpaired) electrons. The summed E-state index contributed by atoms with van der Waals surface area (Å²) in [4.78, 5) is 30.8. The van der Waals surface area contributed by atoms with E-state index in [1.54, 1.807) is 11.0 Å². The fraction of sp³-hybridized carbons (Fsp3) is 0.310. The Morgan fingerprint density at radius 2 is 1.67 bits per heavy atom. The Balaban J connectivity index is 1.27. The summed E-state index contributed by atoms with van der Waals surface area (Å²) in [6, 6.07) is 13.8. The van der Waals surface area contributed by atoms with Crippen molar-refractivity contribution in [1.82, 2.24) is 33.9 Å². The van der Waals surface area contributed by atoms with Crippen LogP contribution in [0.4, 0.5) is 5.69 Å². The molecule has 1 amide bonds. The predicted octanol–water partition coefficient (Wildman–Crippen LogP) is 8.65. The van der Waals surface area contributed by atoms with E-state index in [0.717, 1.165) is 71.6 Å². The van der Waals surface area contributed by atoms with Gasteiger partial charge in [-0.2, -0.15) is 5.10 Å². The van der Waals surface area contributed by atoms with Crippen molar-refractivity contribution in [2.75, 3.05) is 18.1 Å². The minimum atomic E-state index is -0.267. The molecule has 5 heterocycles. The highest BCUT2D eigenvalue weighted by Gasteiger charge is 2.37. The second-order valence-corrected chi connectivity index (χ2v) is 15.3. The molecule has 0 fully saturated rings. The third kappa shape index (κ3) is 6.24. The van der Waals surface area contributed by atoms with Gasteiger partial charge in [0, 0.05) is 82.3 Å². The van der Waals surface area contributed by atoms with E-state index in [4.69, 9.17) is 27.9 Å². The molecular formula is C42H42Cl2N8O3. The molecule has 3 aromatic carbocycles. The number of nitrogens with zero attached hydrogens (tertiary/aromatic N) is 8. The second kappa shape index (κ2) is 14.1. The normalized spacial score (nSPS) is 14.4. The molecule has 0 saturated heterocycles. The molecule has 0 bridgehead atoms. The van der Waals surface area contributed by atoms with Gasteiger partial charge < -0.3 is 23.9 Å². The van der Waals surface area contributed by atoms with Crippen molar-refractivity contribution in [2.45, 2.75) is 60.1 Å². The Morgan fingerprint density at radius 3 is 2.35 bits per heavy atom. The van der Waals surface area contributed by atoms with Crippen LogP contribution in [0, 0.1) is 27.7 Å². The number of carbonyl (C=O) groups excluding carboxylic acids is 1. The van der Waals surface area contributed by atoms with Crippen molar-refractivity contribution in [2.24, 2.45) is 14.1 Å². The minimum absolute atomic E-state index is 0.0922. The number of hydrogen-bond acceptors (Lipinski definition) is 7. The summed E-state index contributed by atoms with van der Waals surface area (Å²) >= 11 is 13.6. The number of anilines is 1. The lowest BCUT2D eigenvalue weighted by atomic mass is 9.97. The van der Waals surface area contributed by atoms with E-state index in [1.807, 2.05) is 83.2 Å². The van der Waals surface area contributed by atoms with E-state index in [0.29, 0.717) is 59.7 Å². The van der Waals surface area contributed by atoms with Crippen LogP contribution in [0.1, 0.15) is 63.8 Å². The number of rotatable bonds is 9. The number of ether oxygens (including phenoxy) is 1. The highest BCUT2D eigenvalue weighted by atomic mass is 35.5. The molecule has 1 N–H and O–H groups in total. The van der Waals surface area contributed by atoms with Gasteiger partial charge in [-0.05, 0) is 101 Å². The van der Waals surface area contributed by atoms with Crippen LogP contribution in [0.25, 0.3) is 44.3 Å². The molecule has 7 aromatic rings. The summed E-state index contributed by atoms with van der Waals surface area (Å²) in [6.45, 7) is 10.5. The first kappa shape index (κ1) is 36.7. The first-order valence-corrected chi connectivity index (χ1v) is 19.1. The third-order valence-electron chi connectivity index (χ3n) is 10.6. The molecule has 13 heteroatoms. The van der Waals surface area contributed by atoms with Crippen LogP contribution in [0.2, 0.25) is 10.0 Å². The van der Waals surface area contributed by atoms with E-state index in [9.17, 15) is 5.11 Å². The SMILES string of the molecule is Cc1cc(OCCCc2c3n(c4c(-c5c(C)nc(CO)nc5C)c(Cl)ccc24)[C@H](C)CN(c2cn(C)c4ccc(-c5ncn(C)n5)cc24)C3=O)cc(C)c1Cl. The van der Waals surface area contributed by atoms with Crippen molar-refractivity contribution < 1.29 is 14.6 Å². The highest BCUT2D eigenvalue weighted by molar-refractivity contribution is 6.35. The number of hydrogen-bond donors (Lipinski definition) is 1. The number of carbonyl (C=O) groups is 1. The van der Waals surface area contributed by atoms with Gasteiger partial charge in [0.05, 0.1) is 22.8 Å². The number of aliphatic hydroxyl groups is 1. The maximum Gasteiger partial charge on any atom is 0.275 e. The molecule has 4 aromatic heterocycles. The Morgan fingerprint density at radius 1 is 0.945 bits per heavy atom. The number of aliphatic hydroxyl groups excluding tert-OH is 1. The summed E-state index contributed by atoms with van der Waals surface area (Å²) in [6.07, 6.45) is 4.96. The molecule has 55 heavy (non-hydrogen) atoms. The molecule has 1 aliphatic heterocycles. The number of benzene rings is 3. The topological polar surface area (TPSA) is 116 Å². The first-order chi connectivity index (χ1) is 26.4. The van der Waals surface area contributed by atoms with E-state index < -0.39 is 0 Å². The summed E-state index contributed by atoms with van der Waals surface area (Å²) in [5.41, 5.74) is 10.0. The Bertz CT molecular complexity index is 2630. The van der Waals surface area contributed by atoms with Crippen molar-refractivity contribution in [3.05, 3.63) is 105 Å². The standard InChI is InChI=1S/C42H42Cl2N8O3/c1-22-15-28(16-23(2)38(22)44)55-14-8-9-29-30-11-12-32(43)37(36-25(4)46-35(20-53)47-26(36)5)39(30)52-24(3)18-51(42(54)40(29)52)34-19-49(6)33-13-10-27(17-31(33)34)41-45-21-50(7)48-41/h10-13,15-17,19,21,24,53H,8-9,14,18,20H2,1-7H3/t24-/m1/s1. The lowest BCUT2D eigenvalue weighted by Crippen LogP contribution is -2.42. The van der Waals surface area contributed by atoms with Crippen LogP contribution in [0.15, 0.2) is 55.0 Å². The number of aryl methyl sites for hydroxylation is 7. The van der Waals surface area contributed by atoms with Crippen LogP contribution < -0.4 is 9.64 Å². The van der Waals surface area contributed by atoms with Gasteiger partial charge in [0.2, 0.25) is 0 Å². The van der Waals surface area contributed by atoms with Gasteiger partial charge in [0.1, 0.15) is 24.4 Å². The largest absolute Gasteiger partial charge is 0.494 e. The van der Waals surface area contributed by atoms with Gasteiger partial charge in [-0.25, -0.2) is 15.0 Å². The summed E-state index contributed by atoms with van der Waals surface area (Å²) < 4.78 is 12.2. The lowest BCUT2D eigenvalue weighted by Gasteiger charge is -2.34. The second-order valence-electron chi connectivity index (χ2n) is 14.5. The fourth-order valence-electron chi connectivity index (χ4n) is 8.22. The van der Waals surface area contributed by atoms with Crippen LogP contribution >= 0.6 is 23.2 Å². The van der Waals surface area contributed by atoms with Crippen molar-refractivity contribution in [3.8, 4) is 28.3 Å². The number of fused-ring (bicyclic) bond motifs is 4. The molecule has 282 valence electrons. The summed E-state index contributed by atoms with van der Waals surface area (Å²) in [5, 5.41) is 17.5. The van der Waals surface area contributed by atoms with Crippen molar-refractivity contribution >= 4 is 56.6 Å². The zero-order valence-electron chi connectivity index (χ0n) is 31.9. The maximum absolute atomic E-state index is 15.2. The minimum Gasteiger partial charge on any atom is -0.494 e. The van der Waals surface area contributed by atoms with Crippen LogP contribution in [0.3, 0.4) is 0 Å². The molecule has 0 unspecified atom stereocenters. The highest BCUT2D eigenvalue weighted by Crippen LogP contribution is 2.45. The molecule has 0 aliphatic carbocycles. The first-order valence-electron chi connectivity index (χ1n) is 18.3. The van der Waals surface area contributed by atoms with E-state index in [-0.39, 0.29) is 18.6 Å². The molecule has 11 nitrogen and oxygen atoms in total. The lowest BCUT2D eigenvalue weighted by molar-refractivity contribution is 0.0957. The smallest absolute Gasteiger partial charge is 0.275 e. The Kier molecular flexibility index (Phi) is 9.43. The zero-order chi connectivity index (χ0) is 38.9. The molecule has 1 atom stereocenters. The number of aromatic nitrogens is 7. The molecule has 0 saturated carbocycles. The molecule has 1 aliphatic rings. The van der Waals surface area contributed by atoms with E-state index in [1.165, 1.54) is 0 Å². The van der Waals surface area contributed by atoms with Crippen LogP contribution in [-0.4, -0.2) is 58.0 Å². The van der Waals surface area contributed by atoms with Crippen LogP contribution in [-0.2, 0) is 27.1 Å². The predicted molar refractivity (Wildman–Crippen MR) is 217 cm³/mol. The average molecular weight is 778 g/mol. The van der Waals surface area contributed by atoms with Crippen molar-refractivity contribution in [1.29, 1.82) is 0 Å². The summed E-state index contributed by atoms with van der Waals surface area (Å²) in [5.74, 6) is 1.64. The number of halogens is 2. The average Bonchev–Trinajstić information content (AvgIpc) is 3.84. The molecule has 0 spiro atoms. The van der Waals surface area contributed by atoms with Gasteiger partial charge in [-0.3, -0.25) is 9.48 Å². The van der Waals surface area contributed by atoms with E-state index >= 15 is 4.79 Å². The van der Waals surface area contributed by atoms with Gasteiger partial charge in [-0.1, -0.05) is 29.3 Å². The van der Waals surface area contributed by atoms with Crippen molar-refractivity contribution in [3.63, 3.8) is 0 Å². The molecule has 8 rings (SSSR count). The van der Waals surface area contributed by atoms with Gasteiger partial charge in [0.15, 0.2) is 11.6 Å². The Hall–Kier alpha value is -5.23. The monoisotopic (exact) mass is 776 g/mol. The summed E-state index contributed by atoms with van der Waals surface area (Å²) in [7, 11) is 3.84. The van der Waals surface area contributed by atoms with E-state index in [2.05, 4.69) is 48.2 Å².